The molecule has 0 aromatic heterocycles. The summed E-state index contributed by atoms with van der Waals surface area (Å²) < 4.78 is 5.54. The van der Waals surface area contributed by atoms with Crippen molar-refractivity contribution in [3.63, 3.8) is 0 Å². The predicted octanol–water partition coefficient (Wildman–Crippen LogP) is 4.91. The summed E-state index contributed by atoms with van der Waals surface area (Å²) in [5.74, 6) is 0.819. The molecular formula is C22H29NO. The minimum absolute atomic E-state index is 0.375. The van der Waals surface area contributed by atoms with Gasteiger partial charge in [-0.3, -0.25) is 4.90 Å². The van der Waals surface area contributed by atoms with Gasteiger partial charge in [0.1, 0.15) is 0 Å². The topological polar surface area (TPSA) is 12.5 Å². The maximum absolute atomic E-state index is 5.54. The summed E-state index contributed by atoms with van der Waals surface area (Å²) in [7, 11) is 0. The second-order valence-corrected chi connectivity index (χ2v) is 6.69. The van der Waals surface area contributed by atoms with E-state index >= 15 is 0 Å². The number of ether oxygens (including phenoxy) is 1. The van der Waals surface area contributed by atoms with Crippen molar-refractivity contribution in [3.05, 3.63) is 71.8 Å². The molecule has 0 spiro atoms. The molecule has 3 rings (SSSR count). The van der Waals surface area contributed by atoms with Gasteiger partial charge in [-0.2, -0.15) is 0 Å². The average Bonchev–Trinajstić information content (AvgIpc) is 2.65. The van der Waals surface area contributed by atoms with E-state index < -0.39 is 0 Å². The van der Waals surface area contributed by atoms with Crippen molar-refractivity contribution >= 4 is 0 Å². The van der Waals surface area contributed by atoms with E-state index in [0.29, 0.717) is 6.04 Å². The van der Waals surface area contributed by atoms with Crippen LogP contribution in [0, 0.1) is 5.92 Å². The number of likely N-dealkylation sites (tertiary alicyclic amines) is 1. The van der Waals surface area contributed by atoms with Gasteiger partial charge < -0.3 is 4.74 Å². The summed E-state index contributed by atoms with van der Waals surface area (Å²) in [6.07, 6.45) is 3.77. The van der Waals surface area contributed by atoms with Crippen molar-refractivity contribution in [2.24, 2.45) is 5.92 Å². The zero-order valence-electron chi connectivity index (χ0n) is 14.7. The molecule has 1 saturated heterocycles. The van der Waals surface area contributed by atoms with Gasteiger partial charge >= 0.3 is 0 Å². The molecular weight excluding hydrogens is 294 g/mol. The quantitative estimate of drug-likeness (QED) is 0.671. The van der Waals surface area contributed by atoms with E-state index in [4.69, 9.17) is 4.74 Å². The maximum Gasteiger partial charge on any atom is 0.0601 e. The molecule has 0 amide bonds. The van der Waals surface area contributed by atoms with Gasteiger partial charge in [0, 0.05) is 13.2 Å². The molecule has 2 aromatic carbocycles. The van der Waals surface area contributed by atoms with Crippen LogP contribution in [0.2, 0.25) is 0 Å². The van der Waals surface area contributed by atoms with Crippen molar-refractivity contribution in [1.82, 2.24) is 4.90 Å². The fraction of sp³-hybridized carbons (Fsp3) is 0.455. The average molecular weight is 323 g/mol. The summed E-state index contributed by atoms with van der Waals surface area (Å²) in [5, 5.41) is 0. The lowest BCUT2D eigenvalue weighted by Gasteiger charge is -2.38. The van der Waals surface area contributed by atoms with Gasteiger partial charge in [-0.15, -0.1) is 0 Å². The molecule has 1 fully saturated rings. The Labute approximate surface area is 146 Å². The minimum atomic E-state index is 0.375. The molecule has 0 aliphatic carbocycles. The highest BCUT2D eigenvalue weighted by molar-refractivity contribution is 5.31. The third-order valence-electron chi connectivity index (χ3n) is 5.12. The van der Waals surface area contributed by atoms with Gasteiger partial charge in [0.05, 0.1) is 6.04 Å². The summed E-state index contributed by atoms with van der Waals surface area (Å²) in [6.45, 7) is 6.17. The third-order valence-corrected chi connectivity index (χ3v) is 5.12. The standard InChI is InChI=1S/C22H29NO/c1-2-24-18-15-19-13-16-23(17-14-19)22(20-9-5-3-6-10-20)21-11-7-4-8-12-21/h3-12,19,22H,2,13-18H2,1H3. The van der Waals surface area contributed by atoms with Crippen LogP contribution in [0.4, 0.5) is 0 Å². The van der Waals surface area contributed by atoms with Gasteiger partial charge in [0.15, 0.2) is 0 Å². The molecule has 1 aliphatic heterocycles. The molecule has 24 heavy (non-hydrogen) atoms. The fourth-order valence-electron chi connectivity index (χ4n) is 3.78. The lowest BCUT2D eigenvalue weighted by atomic mass is 9.90. The largest absolute Gasteiger partial charge is 0.382 e. The summed E-state index contributed by atoms with van der Waals surface area (Å²) in [5.41, 5.74) is 2.80. The van der Waals surface area contributed by atoms with Crippen molar-refractivity contribution in [3.8, 4) is 0 Å². The monoisotopic (exact) mass is 323 g/mol. The summed E-state index contributed by atoms with van der Waals surface area (Å²) in [6, 6.07) is 22.2. The van der Waals surface area contributed by atoms with Crippen molar-refractivity contribution in [1.29, 1.82) is 0 Å². The van der Waals surface area contributed by atoms with Crippen LogP contribution in [0.5, 0.6) is 0 Å². The van der Waals surface area contributed by atoms with Gasteiger partial charge in [-0.1, -0.05) is 60.7 Å². The number of hydrogen-bond acceptors (Lipinski definition) is 2. The first kappa shape index (κ1) is 17.2. The number of rotatable bonds is 7. The molecule has 1 aliphatic rings. The van der Waals surface area contributed by atoms with E-state index in [0.717, 1.165) is 19.1 Å². The van der Waals surface area contributed by atoms with Crippen molar-refractivity contribution in [2.45, 2.75) is 32.2 Å². The highest BCUT2D eigenvalue weighted by Crippen LogP contribution is 2.32. The highest BCUT2D eigenvalue weighted by Gasteiger charge is 2.27. The molecule has 0 radical (unpaired) electrons. The van der Waals surface area contributed by atoms with Crippen LogP contribution in [0.15, 0.2) is 60.7 Å². The summed E-state index contributed by atoms with van der Waals surface area (Å²) >= 11 is 0. The van der Waals surface area contributed by atoms with E-state index in [-0.39, 0.29) is 0 Å². The molecule has 0 bridgehead atoms. The molecule has 2 aromatic rings. The van der Waals surface area contributed by atoms with E-state index in [9.17, 15) is 0 Å². The number of hydrogen-bond donors (Lipinski definition) is 0. The van der Waals surface area contributed by atoms with Crippen molar-refractivity contribution < 1.29 is 4.74 Å². The molecule has 2 nitrogen and oxygen atoms in total. The Hall–Kier alpha value is -1.64. The molecule has 1 heterocycles. The van der Waals surface area contributed by atoms with E-state index in [1.807, 2.05) is 0 Å². The lowest BCUT2D eigenvalue weighted by Crippen LogP contribution is -2.37. The molecule has 0 unspecified atom stereocenters. The van der Waals surface area contributed by atoms with Crippen LogP contribution in [-0.4, -0.2) is 31.2 Å². The number of benzene rings is 2. The normalized spacial score (nSPS) is 16.6. The zero-order valence-corrected chi connectivity index (χ0v) is 14.7. The molecule has 128 valence electrons. The van der Waals surface area contributed by atoms with Crippen LogP contribution in [0.3, 0.4) is 0 Å². The van der Waals surface area contributed by atoms with Crippen LogP contribution in [-0.2, 0) is 4.74 Å². The fourth-order valence-corrected chi connectivity index (χ4v) is 3.78. The van der Waals surface area contributed by atoms with Gasteiger partial charge in [0.25, 0.3) is 0 Å². The Morgan fingerprint density at radius 3 is 1.96 bits per heavy atom. The van der Waals surface area contributed by atoms with Crippen LogP contribution in [0.25, 0.3) is 0 Å². The Bertz CT molecular complexity index is 536. The van der Waals surface area contributed by atoms with Gasteiger partial charge in [-0.05, 0) is 56.3 Å². The Morgan fingerprint density at radius 2 is 1.46 bits per heavy atom. The van der Waals surface area contributed by atoms with E-state index in [2.05, 4.69) is 72.5 Å². The van der Waals surface area contributed by atoms with Gasteiger partial charge in [-0.25, -0.2) is 0 Å². The number of piperidine rings is 1. The van der Waals surface area contributed by atoms with Gasteiger partial charge in [0.2, 0.25) is 0 Å². The van der Waals surface area contributed by atoms with Crippen LogP contribution >= 0.6 is 0 Å². The highest BCUT2D eigenvalue weighted by atomic mass is 16.5. The van der Waals surface area contributed by atoms with E-state index in [1.54, 1.807) is 0 Å². The van der Waals surface area contributed by atoms with Crippen LogP contribution in [0.1, 0.15) is 43.4 Å². The molecule has 2 heteroatoms. The van der Waals surface area contributed by atoms with E-state index in [1.165, 1.54) is 43.5 Å². The first-order valence-corrected chi connectivity index (χ1v) is 9.30. The smallest absolute Gasteiger partial charge is 0.0601 e. The molecule has 0 N–H and O–H groups in total. The minimum Gasteiger partial charge on any atom is -0.382 e. The zero-order chi connectivity index (χ0) is 16.6. The lowest BCUT2D eigenvalue weighted by molar-refractivity contribution is 0.101. The number of nitrogens with zero attached hydrogens (tertiary/aromatic N) is 1. The maximum atomic E-state index is 5.54. The molecule has 0 atom stereocenters. The Morgan fingerprint density at radius 1 is 0.917 bits per heavy atom. The first-order chi connectivity index (χ1) is 11.9. The Balaban J connectivity index is 1.69. The first-order valence-electron chi connectivity index (χ1n) is 9.30. The Kier molecular flexibility index (Phi) is 6.45. The predicted molar refractivity (Wildman–Crippen MR) is 100 cm³/mol. The third kappa shape index (κ3) is 4.46. The van der Waals surface area contributed by atoms with Crippen LogP contribution < -0.4 is 0 Å². The molecule has 0 saturated carbocycles. The second-order valence-electron chi connectivity index (χ2n) is 6.69. The summed E-state index contributed by atoms with van der Waals surface area (Å²) in [4.78, 5) is 2.65. The van der Waals surface area contributed by atoms with Crippen molar-refractivity contribution in [2.75, 3.05) is 26.3 Å². The second kappa shape index (κ2) is 9.00. The SMILES string of the molecule is CCOCCC1CCN(C(c2ccccc2)c2ccccc2)CC1.